The summed E-state index contributed by atoms with van der Waals surface area (Å²) in [6.45, 7) is 9.00. The summed E-state index contributed by atoms with van der Waals surface area (Å²) in [4.78, 5) is 16.2. The van der Waals surface area contributed by atoms with E-state index in [4.69, 9.17) is 9.84 Å². The van der Waals surface area contributed by atoms with Crippen LogP contribution in [0.1, 0.15) is 26.7 Å². The monoisotopic (exact) mass is 258 g/mol. The molecule has 0 radical (unpaired) electrons. The van der Waals surface area contributed by atoms with Crippen molar-refractivity contribution >= 4 is 5.97 Å². The molecule has 1 atom stereocenters. The molecule has 0 bridgehead atoms. The predicted octanol–water partition coefficient (Wildman–Crippen LogP) is 0.328. The Kier molecular flexibility index (Phi) is 7.23. The fraction of sp³-hybridized carbons (Fsp3) is 0.923. The smallest absolute Gasteiger partial charge is 0.323 e. The van der Waals surface area contributed by atoms with E-state index in [0.717, 1.165) is 45.6 Å². The molecule has 0 spiro atoms. The lowest BCUT2D eigenvalue weighted by atomic mass is 10.2. The van der Waals surface area contributed by atoms with Crippen molar-refractivity contribution in [3.8, 4) is 0 Å². The quantitative estimate of drug-likeness (QED) is 0.527. The van der Waals surface area contributed by atoms with Crippen LogP contribution in [0.2, 0.25) is 0 Å². The van der Waals surface area contributed by atoms with E-state index in [0.29, 0.717) is 6.61 Å². The molecule has 0 aromatic heterocycles. The Hall–Kier alpha value is -0.650. The first-order chi connectivity index (χ1) is 8.69. The summed E-state index contributed by atoms with van der Waals surface area (Å²) in [5.41, 5.74) is 0. The Labute approximate surface area is 110 Å². The van der Waals surface area contributed by atoms with Crippen molar-refractivity contribution in [2.24, 2.45) is 0 Å². The summed E-state index contributed by atoms with van der Waals surface area (Å²) in [5.74, 6) is -0.112. The molecule has 0 amide bonds. The van der Waals surface area contributed by atoms with Gasteiger partial charge in [0.25, 0.3) is 0 Å². The highest BCUT2D eigenvalue weighted by Crippen LogP contribution is 2.07. The molecule has 0 aromatic rings. The molecule has 1 saturated heterocycles. The second-order valence-corrected chi connectivity index (χ2v) is 4.80. The number of hydrogen-bond donors (Lipinski definition) is 1. The third kappa shape index (κ3) is 4.92. The van der Waals surface area contributed by atoms with Crippen LogP contribution in [0, 0.1) is 0 Å². The summed E-state index contributed by atoms with van der Waals surface area (Å²) in [5, 5.41) is 8.87. The average Bonchev–Trinajstić information content (AvgIpc) is 2.39. The van der Waals surface area contributed by atoms with Crippen LogP contribution in [-0.2, 0) is 9.53 Å². The van der Waals surface area contributed by atoms with Crippen LogP contribution in [0.3, 0.4) is 0 Å². The van der Waals surface area contributed by atoms with Crippen molar-refractivity contribution < 1.29 is 14.6 Å². The van der Waals surface area contributed by atoms with Gasteiger partial charge in [0.15, 0.2) is 0 Å². The molecular formula is C13H26N2O3. The van der Waals surface area contributed by atoms with E-state index in [-0.39, 0.29) is 18.6 Å². The molecule has 1 aliphatic heterocycles. The maximum absolute atomic E-state index is 11.8. The SMILES string of the molecule is CCCCOC(=O)C(C)N1CCN(CCO)CC1. The van der Waals surface area contributed by atoms with Crippen molar-refractivity contribution in [1.29, 1.82) is 0 Å². The summed E-state index contributed by atoms with van der Waals surface area (Å²) in [7, 11) is 0. The van der Waals surface area contributed by atoms with Crippen molar-refractivity contribution in [3.05, 3.63) is 0 Å². The molecule has 0 saturated carbocycles. The average molecular weight is 258 g/mol. The summed E-state index contributed by atoms with van der Waals surface area (Å²) in [6, 6.07) is -0.155. The fourth-order valence-electron chi connectivity index (χ4n) is 2.10. The van der Waals surface area contributed by atoms with E-state index in [1.165, 1.54) is 0 Å². The van der Waals surface area contributed by atoms with Gasteiger partial charge in [-0.3, -0.25) is 14.6 Å². The number of piperazine rings is 1. The number of unbranched alkanes of at least 4 members (excludes halogenated alkanes) is 1. The molecule has 1 fully saturated rings. The van der Waals surface area contributed by atoms with Gasteiger partial charge < -0.3 is 9.84 Å². The number of carbonyl (C=O) groups is 1. The number of carbonyl (C=O) groups excluding carboxylic acids is 1. The molecule has 5 heteroatoms. The van der Waals surface area contributed by atoms with Gasteiger partial charge in [0, 0.05) is 32.7 Å². The highest BCUT2D eigenvalue weighted by Gasteiger charge is 2.26. The van der Waals surface area contributed by atoms with Crippen LogP contribution in [0.25, 0.3) is 0 Å². The van der Waals surface area contributed by atoms with Crippen molar-refractivity contribution in [2.45, 2.75) is 32.7 Å². The van der Waals surface area contributed by atoms with Crippen LogP contribution in [0.15, 0.2) is 0 Å². The van der Waals surface area contributed by atoms with Gasteiger partial charge in [0.2, 0.25) is 0 Å². The number of esters is 1. The van der Waals surface area contributed by atoms with Gasteiger partial charge in [-0.1, -0.05) is 13.3 Å². The number of aliphatic hydroxyl groups excluding tert-OH is 1. The Balaban J connectivity index is 2.26. The molecule has 106 valence electrons. The van der Waals surface area contributed by atoms with E-state index >= 15 is 0 Å². The van der Waals surface area contributed by atoms with Gasteiger partial charge >= 0.3 is 5.97 Å². The lowest BCUT2D eigenvalue weighted by Crippen LogP contribution is -2.52. The first kappa shape index (κ1) is 15.4. The lowest BCUT2D eigenvalue weighted by molar-refractivity contribution is -0.150. The zero-order valence-corrected chi connectivity index (χ0v) is 11.6. The summed E-state index contributed by atoms with van der Waals surface area (Å²) < 4.78 is 5.24. The van der Waals surface area contributed by atoms with Gasteiger partial charge in [-0.2, -0.15) is 0 Å². The Morgan fingerprint density at radius 1 is 1.33 bits per heavy atom. The van der Waals surface area contributed by atoms with E-state index in [1.54, 1.807) is 0 Å². The molecule has 1 heterocycles. The molecule has 1 unspecified atom stereocenters. The maximum Gasteiger partial charge on any atom is 0.323 e. The molecule has 1 N–H and O–H groups in total. The van der Waals surface area contributed by atoms with Crippen LogP contribution in [-0.4, -0.2) is 72.9 Å². The number of ether oxygens (including phenoxy) is 1. The second kappa shape index (κ2) is 8.45. The standard InChI is InChI=1S/C13H26N2O3/c1-3-4-11-18-13(17)12(2)15-7-5-14(6-8-15)9-10-16/h12,16H,3-11H2,1-2H3. The Bertz CT molecular complexity index is 240. The maximum atomic E-state index is 11.8. The highest BCUT2D eigenvalue weighted by molar-refractivity contribution is 5.75. The first-order valence-electron chi connectivity index (χ1n) is 6.93. The van der Waals surface area contributed by atoms with Gasteiger partial charge in [-0.15, -0.1) is 0 Å². The van der Waals surface area contributed by atoms with Gasteiger partial charge in [0.05, 0.1) is 13.2 Å². The minimum Gasteiger partial charge on any atom is -0.465 e. The topological polar surface area (TPSA) is 53.0 Å². The molecule has 18 heavy (non-hydrogen) atoms. The highest BCUT2D eigenvalue weighted by atomic mass is 16.5. The van der Waals surface area contributed by atoms with Crippen LogP contribution in [0.5, 0.6) is 0 Å². The van der Waals surface area contributed by atoms with Gasteiger partial charge in [-0.05, 0) is 13.3 Å². The number of aliphatic hydroxyl groups is 1. The van der Waals surface area contributed by atoms with E-state index in [2.05, 4.69) is 16.7 Å². The number of β-amino-alcohol motifs (C(OH)–C–C–N with tert-alkyl or cyclic N) is 1. The molecule has 1 rings (SSSR count). The van der Waals surface area contributed by atoms with Gasteiger partial charge in [-0.25, -0.2) is 0 Å². The number of nitrogens with zero attached hydrogens (tertiary/aromatic N) is 2. The van der Waals surface area contributed by atoms with E-state index < -0.39 is 0 Å². The normalized spacial score (nSPS) is 19.7. The number of hydrogen-bond acceptors (Lipinski definition) is 5. The first-order valence-corrected chi connectivity index (χ1v) is 6.93. The molecule has 1 aliphatic rings. The molecule has 0 aromatic carbocycles. The second-order valence-electron chi connectivity index (χ2n) is 4.80. The van der Waals surface area contributed by atoms with Crippen LogP contribution < -0.4 is 0 Å². The minimum absolute atomic E-state index is 0.112. The summed E-state index contributed by atoms with van der Waals surface area (Å²) in [6.07, 6.45) is 1.98. The van der Waals surface area contributed by atoms with Gasteiger partial charge in [0.1, 0.15) is 6.04 Å². The Morgan fingerprint density at radius 2 is 2.00 bits per heavy atom. The molecular weight excluding hydrogens is 232 g/mol. The fourth-order valence-corrected chi connectivity index (χ4v) is 2.10. The van der Waals surface area contributed by atoms with E-state index in [9.17, 15) is 4.79 Å². The van der Waals surface area contributed by atoms with Crippen molar-refractivity contribution in [3.63, 3.8) is 0 Å². The third-order valence-electron chi connectivity index (χ3n) is 3.45. The lowest BCUT2D eigenvalue weighted by Gasteiger charge is -2.36. The van der Waals surface area contributed by atoms with E-state index in [1.807, 2.05) is 6.92 Å². The summed E-state index contributed by atoms with van der Waals surface area (Å²) >= 11 is 0. The van der Waals surface area contributed by atoms with Crippen molar-refractivity contribution in [2.75, 3.05) is 45.9 Å². The largest absolute Gasteiger partial charge is 0.465 e. The molecule has 0 aliphatic carbocycles. The van der Waals surface area contributed by atoms with Crippen LogP contribution in [0.4, 0.5) is 0 Å². The zero-order chi connectivity index (χ0) is 13.4. The zero-order valence-electron chi connectivity index (χ0n) is 11.6. The third-order valence-corrected chi connectivity index (χ3v) is 3.45. The molecule has 5 nitrogen and oxygen atoms in total. The Morgan fingerprint density at radius 3 is 2.56 bits per heavy atom. The minimum atomic E-state index is -0.155. The van der Waals surface area contributed by atoms with Crippen molar-refractivity contribution in [1.82, 2.24) is 9.80 Å². The number of rotatable bonds is 7. The predicted molar refractivity (Wildman–Crippen MR) is 70.4 cm³/mol. The van der Waals surface area contributed by atoms with Crippen LogP contribution >= 0.6 is 0 Å².